The maximum Gasteiger partial charge on any atom is 0.258 e. The molecule has 1 aliphatic heterocycles. The molecule has 0 radical (unpaired) electrons. The fourth-order valence-electron chi connectivity index (χ4n) is 5.35. The smallest absolute Gasteiger partial charge is 0.258 e. The molecule has 2 atom stereocenters. The molecule has 6 heteroatoms. The summed E-state index contributed by atoms with van der Waals surface area (Å²) in [5.74, 6) is -0.0567. The van der Waals surface area contributed by atoms with Gasteiger partial charge in [-0.25, -0.2) is 4.39 Å². The van der Waals surface area contributed by atoms with Crippen LogP contribution in [0.3, 0.4) is 0 Å². The predicted octanol–water partition coefficient (Wildman–Crippen LogP) is 7.69. The number of carbonyl (C=O) groups is 1. The van der Waals surface area contributed by atoms with Crippen LogP contribution in [0, 0.1) is 5.82 Å². The quantitative estimate of drug-likeness (QED) is 0.203. The van der Waals surface area contributed by atoms with E-state index in [-0.39, 0.29) is 36.5 Å². The fourth-order valence-corrected chi connectivity index (χ4v) is 5.35. The molecule has 5 nitrogen and oxygen atoms in total. The molecule has 0 fully saturated rings. The summed E-state index contributed by atoms with van der Waals surface area (Å²) >= 11 is 0. The second kappa shape index (κ2) is 10.9. The maximum absolute atomic E-state index is 13.9. The molecule has 0 saturated heterocycles. The summed E-state index contributed by atoms with van der Waals surface area (Å²) in [7, 11) is 0. The van der Waals surface area contributed by atoms with Gasteiger partial charge in [-0.1, -0.05) is 79.7 Å². The number of nitrogens with zero attached hydrogens (tertiary/aromatic N) is 2. The Labute approximate surface area is 238 Å². The van der Waals surface area contributed by atoms with Gasteiger partial charge in [0, 0.05) is 23.7 Å². The maximum atomic E-state index is 13.9. The molecule has 0 saturated carbocycles. The van der Waals surface area contributed by atoms with Crippen LogP contribution in [-0.2, 0) is 13.1 Å². The van der Waals surface area contributed by atoms with E-state index in [1.807, 2.05) is 48.5 Å². The van der Waals surface area contributed by atoms with Crippen molar-refractivity contribution in [3.8, 4) is 11.5 Å². The minimum Gasteiger partial charge on any atom is -0.507 e. The first-order valence-electron chi connectivity index (χ1n) is 13.5. The number of allylic oxidation sites excluding steroid dienone is 1. The fraction of sp³-hybridized carbons (Fsp3) is 0.143. The van der Waals surface area contributed by atoms with Crippen LogP contribution in [-0.4, -0.2) is 20.9 Å². The van der Waals surface area contributed by atoms with Crippen molar-refractivity contribution in [2.75, 3.05) is 0 Å². The van der Waals surface area contributed by atoms with Gasteiger partial charge in [0.25, 0.3) is 5.91 Å². The Morgan fingerprint density at radius 2 is 1.66 bits per heavy atom. The average molecular weight is 545 g/mol. The highest BCUT2D eigenvalue weighted by Gasteiger charge is 2.37. The van der Waals surface area contributed by atoms with Gasteiger partial charge >= 0.3 is 0 Å². The molecule has 2 heterocycles. The van der Waals surface area contributed by atoms with Crippen molar-refractivity contribution in [1.82, 2.24) is 9.88 Å². The van der Waals surface area contributed by atoms with Crippen molar-refractivity contribution >= 4 is 16.8 Å². The monoisotopic (exact) mass is 544 g/mol. The van der Waals surface area contributed by atoms with E-state index in [2.05, 4.69) is 30.6 Å². The van der Waals surface area contributed by atoms with Gasteiger partial charge in [-0.2, -0.15) is 0 Å². The molecule has 6 rings (SSSR count). The lowest BCUT2D eigenvalue weighted by Gasteiger charge is -2.23. The van der Waals surface area contributed by atoms with Gasteiger partial charge in [0.05, 0.1) is 12.1 Å². The molecule has 0 bridgehead atoms. The molecular weight excluding hydrogens is 515 g/mol. The van der Waals surface area contributed by atoms with Crippen molar-refractivity contribution in [3.63, 3.8) is 0 Å². The van der Waals surface area contributed by atoms with Gasteiger partial charge in [-0.15, -0.1) is 6.58 Å². The lowest BCUT2D eigenvalue weighted by atomic mass is 9.95. The third kappa shape index (κ3) is 4.93. The van der Waals surface area contributed by atoms with Crippen molar-refractivity contribution in [1.29, 1.82) is 0 Å². The Hall–Kier alpha value is -4.97. The number of rotatable bonds is 8. The number of ether oxygens (including phenoxy) is 1. The largest absolute Gasteiger partial charge is 0.507 e. The Bertz CT molecular complexity index is 1730. The molecule has 1 amide bonds. The van der Waals surface area contributed by atoms with Gasteiger partial charge in [-0.05, 0) is 52.4 Å². The van der Waals surface area contributed by atoms with E-state index in [9.17, 15) is 14.3 Å². The zero-order chi connectivity index (χ0) is 28.5. The van der Waals surface area contributed by atoms with Crippen LogP contribution in [0.25, 0.3) is 10.9 Å². The number of benzene rings is 4. The van der Waals surface area contributed by atoms with Gasteiger partial charge in [0.2, 0.25) is 0 Å². The van der Waals surface area contributed by atoms with Gasteiger partial charge in [-0.3, -0.25) is 9.78 Å². The van der Waals surface area contributed by atoms with Crippen molar-refractivity contribution in [2.45, 2.75) is 32.0 Å². The third-order valence-corrected chi connectivity index (χ3v) is 7.69. The number of fused-ring (bicyclic) bond motifs is 2. The van der Waals surface area contributed by atoms with Gasteiger partial charge in [0.15, 0.2) is 5.75 Å². The molecule has 5 aromatic rings. The zero-order valence-corrected chi connectivity index (χ0v) is 22.6. The molecule has 0 spiro atoms. The number of hydrogen-bond donors (Lipinski definition) is 1. The molecule has 4 aromatic carbocycles. The molecule has 41 heavy (non-hydrogen) atoms. The lowest BCUT2D eigenvalue weighted by molar-refractivity contribution is 0.0762. The van der Waals surface area contributed by atoms with Crippen LogP contribution in [0.15, 0.2) is 110 Å². The number of hydrogen-bond acceptors (Lipinski definition) is 4. The number of carbonyl (C=O) groups excluding carboxylic acids is 1. The van der Waals surface area contributed by atoms with Crippen LogP contribution in [0.2, 0.25) is 0 Å². The number of aromatic hydroxyl groups is 1. The predicted molar refractivity (Wildman–Crippen MR) is 157 cm³/mol. The number of amides is 1. The van der Waals surface area contributed by atoms with Crippen LogP contribution < -0.4 is 4.74 Å². The zero-order valence-electron chi connectivity index (χ0n) is 22.6. The minimum absolute atomic E-state index is 0.0180. The number of phenolic OH excluding ortho intramolecular Hbond substituents is 1. The Balaban J connectivity index is 1.46. The van der Waals surface area contributed by atoms with E-state index in [0.29, 0.717) is 27.8 Å². The first-order valence-corrected chi connectivity index (χ1v) is 13.5. The number of halogens is 1. The van der Waals surface area contributed by atoms with E-state index in [4.69, 9.17) is 4.74 Å². The molecule has 0 aliphatic carbocycles. The Morgan fingerprint density at radius 1 is 0.976 bits per heavy atom. The summed E-state index contributed by atoms with van der Waals surface area (Å²) in [5, 5.41) is 11.8. The van der Waals surface area contributed by atoms with E-state index >= 15 is 0 Å². The average Bonchev–Trinajstić information content (AvgIpc) is 3.34. The summed E-state index contributed by atoms with van der Waals surface area (Å²) in [4.78, 5) is 20.1. The molecular formula is C35H29FN2O3. The molecule has 1 aromatic heterocycles. The Morgan fingerprint density at radius 3 is 2.37 bits per heavy atom. The standard InChI is InChI=1S/C35H29FN2O3/c1-3-22(2)24-13-15-26(16-14-24)33(25-8-5-4-6-9-25)41-34-30-29(32(39)28-10-7-19-37-31(28)34)21-38(35(30)40)20-23-11-17-27(36)18-12-23/h3-19,22,33,39H,1,20-21H2,2H3. The molecule has 1 N–H and O–H groups in total. The highest BCUT2D eigenvalue weighted by atomic mass is 19.1. The van der Waals surface area contributed by atoms with Crippen molar-refractivity contribution < 1.29 is 19.0 Å². The first kappa shape index (κ1) is 26.3. The second-order valence-corrected chi connectivity index (χ2v) is 10.3. The first-order chi connectivity index (χ1) is 19.9. The van der Waals surface area contributed by atoms with E-state index in [1.165, 1.54) is 12.1 Å². The third-order valence-electron chi connectivity index (χ3n) is 7.69. The van der Waals surface area contributed by atoms with Crippen LogP contribution in [0.5, 0.6) is 11.5 Å². The summed E-state index contributed by atoms with van der Waals surface area (Å²) < 4.78 is 20.3. The topological polar surface area (TPSA) is 62.7 Å². The summed E-state index contributed by atoms with van der Waals surface area (Å²) in [5.41, 5.74) is 4.96. The van der Waals surface area contributed by atoms with Crippen LogP contribution >= 0.6 is 0 Å². The minimum atomic E-state index is -0.540. The van der Waals surface area contributed by atoms with Gasteiger partial charge < -0.3 is 14.7 Å². The highest BCUT2D eigenvalue weighted by Crippen LogP contribution is 2.46. The number of phenols is 1. The number of aromatic nitrogens is 1. The van der Waals surface area contributed by atoms with E-state index < -0.39 is 6.10 Å². The number of pyridine rings is 1. The van der Waals surface area contributed by atoms with Gasteiger partial charge in [0.1, 0.15) is 23.2 Å². The lowest BCUT2D eigenvalue weighted by Crippen LogP contribution is -2.23. The van der Waals surface area contributed by atoms with Crippen molar-refractivity contribution in [3.05, 3.63) is 149 Å². The molecule has 1 aliphatic rings. The summed E-state index contributed by atoms with van der Waals surface area (Å²) in [6.45, 7) is 6.46. The highest BCUT2D eigenvalue weighted by molar-refractivity contribution is 6.08. The van der Waals surface area contributed by atoms with E-state index in [1.54, 1.807) is 35.4 Å². The Kier molecular flexibility index (Phi) is 6.98. The summed E-state index contributed by atoms with van der Waals surface area (Å²) in [6.07, 6.45) is 2.99. The molecule has 2 unspecified atom stereocenters. The molecule has 204 valence electrons. The van der Waals surface area contributed by atoms with Crippen LogP contribution in [0.4, 0.5) is 4.39 Å². The SMILES string of the molecule is C=CC(C)c1ccc(C(Oc2c3c(c(O)c4cccnc24)CN(Cc2ccc(F)cc2)C3=O)c2ccccc2)cc1. The second-order valence-electron chi connectivity index (χ2n) is 10.3. The van der Waals surface area contributed by atoms with Crippen molar-refractivity contribution in [2.24, 2.45) is 0 Å². The van der Waals surface area contributed by atoms with E-state index in [0.717, 1.165) is 22.3 Å². The summed E-state index contributed by atoms with van der Waals surface area (Å²) in [6, 6.07) is 27.6. The normalized spacial score (nSPS) is 14.1. The van der Waals surface area contributed by atoms with Crippen LogP contribution in [0.1, 0.15) is 57.1 Å².